The number of anilines is 2. The number of nitrogen functional groups attached to an aromatic ring is 2. The Labute approximate surface area is 107 Å². The van der Waals surface area contributed by atoms with Gasteiger partial charge in [0.05, 0.1) is 11.9 Å². The predicted octanol–water partition coefficient (Wildman–Crippen LogP) is 2.25. The highest BCUT2D eigenvalue weighted by molar-refractivity contribution is 5.50. The van der Waals surface area contributed by atoms with Crippen LogP contribution in [0.25, 0.3) is 0 Å². The van der Waals surface area contributed by atoms with Crippen LogP contribution in [-0.2, 0) is 12.6 Å². The molecule has 2 aromatic rings. The van der Waals surface area contributed by atoms with Crippen molar-refractivity contribution in [3.63, 3.8) is 0 Å². The van der Waals surface area contributed by atoms with E-state index < -0.39 is 11.9 Å². The number of halogens is 3. The fourth-order valence-corrected chi connectivity index (χ4v) is 1.60. The van der Waals surface area contributed by atoms with E-state index >= 15 is 0 Å². The van der Waals surface area contributed by atoms with Crippen LogP contribution in [0.3, 0.4) is 0 Å². The lowest BCUT2D eigenvalue weighted by molar-refractivity contribution is -0.141. The summed E-state index contributed by atoms with van der Waals surface area (Å²) in [6.45, 7) is 0. The van der Waals surface area contributed by atoms with Crippen molar-refractivity contribution in [2.75, 3.05) is 11.5 Å². The fourth-order valence-electron chi connectivity index (χ4n) is 1.60. The van der Waals surface area contributed by atoms with E-state index in [1.165, 1.54) is 18.5 Å². The van der Waals surface area contributed by atoms with Crippen molar-refractivity contribution in [3.05, 3.63) is 47.4 Å². The van der Waals surface area contributed by atoms with Crippen molar-refractivity contribution >= 4 is 11.5 Å². The van der Waals surface area contributed by atoms with E-state index in [0.717, 1.165) is 6.07 Å². The van der Waals surface area contributed by atoms with Crippen LogP contribution in [0.4, 0.5) is 24.7 Å². The number of aromatic nitrogens is 2. The Morgan fingerprint density at radius 2 is 1.79 bits per heavy atom. The molecule has 0 aliphatic heterocycles. The molecule has 0 spiro atoms. The molecule has 2 aromatic heterocycles. The summed E-state index contributed by atoms with van der Waals surface area (Å²) < 4.78 is 37.1. The van der Waals surface area contributed by atoms with E-state index in [1.807, 2.05) is 0 Å². The van der Waals surface area contributed by atoms with Crippen LogP contribution < -0.4 is 11.5 Å². The first-order valence-electron chi connectivity index (χ1n) is 5.38. The Morgan fingerprint density at radius 1 is 1.05 bits per heavy atom. The third-order valence-corrected chi connectivity index (χ3v) is 2.53. The van der Waals surface area contributed by atoms with Crippen LogP contribution in [0.2, 0.25) is 0 Å². The number of hydrogen-bond donors (Lipinski definition) is 2. The molecule has 0 fully saturated rings. The number of alkyl halides is 3. The highest BCUT2D eigenvalue weighted by Crippen LogP contribution is 2.27. The van der Waals surface area contributed by atoms with E-state index in [1.54, 1.807) is 6.07 Å². The van der Waals surface area contributed by atoms with Crippen LogP contribution >= 0.6 is 0 Å². The van der Waals surface area contributed by atoms with E-state index in [0.29, 0.717) is 29.1 Å². The molecule has 4 N–H and O–H groups in total. The molecule has 0 saturated heterocycles. The molecule has 0 atom stereocenters. The van der Waals surface area contributed by atoms with Gasteiger partial charge < -0.3 is 11.5 Å². The average Bonchev–Trinajstić information content (AvgIpc) is 2.33. The number of rotatable bonds is 2. The maximum Gasteiger partial charge on any atom is 0.433 e. The molecule has 19 heavy (non-hydrogen) atoms. The summed E-state index contributed by atoms with van der Waals surface area (Å²) in [5.41, 5.74) is 12.0. The molecule has 0 radical (unpaired) electrons. The maximum atomic E-state index is 12.4. The minimum atomic E-state index is -4.43. The van der Waals surface area contributed by atoms with Gasteiger partial charge in [0, 0.05) is 18.2 Å². The highest BCUT2D eigenvalue weighted by Gasteiger charge is 2.31. The summed E-state index contributed by atoms with van der Waals surface area (Å²) in [4.78, 5) is 7.26. The summed E-state index contributed by atoms with van der Waals surface area (Å²) >= 11 is 0. The molecule has 0 aromatic carbocycles. The Morgan fingerprint density at radius 3 is 2.37 bits per heavy atom. The molecule has 4 nitrogen and oxygen atoms in total. The molecule has 0 unspecified atom stereocenters. The Balaban J connectivity index is 2.22. The fraction of sp³-hybridized carbons (Fsp3) is 0.167. The SMILES string of the molecule is Nc1cnc(N)c(Cc2ccc(C(F)(F)F)nc2)c1. The monoisotopic (exact) mass is 268 g/mol. The van der Waals surface area contributed by atoms with Crippen molar-refractivity contribution in [2.24, 2.45) is 0 Å². The zero-order valence-corrected chi connectivity index (χ0v) is 9.78. The smallest absolute Gasteiger partial charge is 0.397 e. The first-order valence-corrected chi connectivity index (χ1v) is 5.38. The van der Waals surface area contributed by atoms with Gasteiger partial charge in [0.25, 0.3) is 0 Å². The Hall–Kier alpha value is -2.31. The van der Waals surface area contributed by atoms with Gasteiger partial charge in [-0.15, -0.1) is 0 Å². The third kappa shape index (κ3) is 3.12. The van der Waals surface area contributed by atoms with Crippen LogP contribution in [0, 0.1) is 0 Å². The van der Waals surface area contributed by atoms with Gasteiger partial charge in [0.15, 0.2) is 0 Å². The number of nitrogens with two attached hydrogens (primary N) is 2. The molecule has 0 bridgehead atoms. The molecule has 0 aliphatic carbocycles. The highest BCUT2D eigenvalue weighted by atomic mass is 19.4. The summed E-state index contributed by atoms with van der Waals surface area (Å²) in [6, 6.07) is 3.93. The molecular weight excluding hydrogens is 257 g/mol. The van der Waals surface area contributed by atoms with Gasteiger partial charge in [0.1, 0.15) is 11.5 Å². The molecule has 7 heteroatoms. The normalized spacial score (nSPS) is 11.5. The number of nitrogens with zero attached hydrogens (tertiary/aromatic N) is 2. The number of pyridine rings is 2. The van der Waals surface area contributed by atoms with Crippen molar-refractivity contribution in [1.82, 2.24) is 9.97 Å². The average molecular weight is 268 g/mol. The maximum absolute atomic E-state index is 12.4. The summed E-state index contributed by atoms with van der Waals surface area (Å²) in [5, 5.41) is 0. The quantitative estimate of drug-likeness (QED) is 0.875. The summed E-state index contributed by atoms with van der Waals surface area (Å²) in [6.07, 6.45) is -1.51. The van der Waals surface area contributed by atoms with E-state index in [2.05, 4.69) is 9.97 Å². The van der Waals surface area contributed by atoms with Gasteiger partial charge in [-0.2, -0.15) is 13.2 Å². The van der Waals surface area contributed by atoms with E-state index in [-0.39, 0.29) is 0 Å². The van der Waals surface area contributed by atoms with E-state index in [9.17, 15) is 13.2 Å². The predicted molar refractivity (Wildman–Crippen MR) is 65.1 cm³/mol. The minimum absolute atomic E-state index is 0.300. The lowest BCUT2D eigenvalue weighted by Gasteiger charge is -2.08. The first-order chi connectivity index (χ1) is 8.86. The van der Waals surface area contributed by atoms with Gasteiger partial charge in [-0.05, 0) is 17.7 Å². The lowest BCUT2D eigenvalue weighted by atomic mass is 10.1. The van der Waals surface area contributed by atoms with E-state index in [4.69, 9.17) is 11.5 Å². The lowest BCUT2D eigenvalue weighted by Crippen LogP contribution is -2.08. The molecule has 2 heterocycles. The van der Waals surface area contributed by atoms with Gasteiger partial charge in [-0.25, -0.2) is 4.98 Å². The van der Waals surface area contributed by atoms with Crippen molar-refractivity contribution < 1.29 is 13.2 Å². The summed E-state index contributed by atoms with van der Waals surface area (Å²) in [5.74, 6) is 0.300. The van der Waals surface area contributed by atoms with Gasteiger partial charge in [-0.3, -0.25) is 4.98 Å². The third-order valence-electron chi connectivity index (χ3n) is 2.53. The Bertz CT molecular complexity index is 579. The molecule has 0 aliphatic rings. The molecule has 0 amide bonds. The molecule has 100 valence electrons. The van der Waals surface area contributed by atoms with Crippen molar-refractivity contribution in [1.29, 1.82) is 0 Å². The zero-order valence-electron chi connectivity index (χ0n) is 9.78. The van der Waals surface area contributed by atoms with Gasteiger partial charge >= 0.3 is 6.18 Å². The van der Waals surface area contributed by atoms with Crippen LogP contribution in [-0.4, -0.2) is 9.97 Å². The van der Waals surface area contributed by atoms with Crippen molar-refractivity contribution in [2.45, 2.75) is 12.6 Å². The molecular formula is C12H11F3N4. The second-order valence-corrected chi connectivity index (χ2v) is 4.04. The van der Waals surface area contributed by atoms with Crippen LogP contribution in [0.15, 0.2) is 30.6 Å². The minimum Gasteiger partial charge on any atom is -0.397 e. The van der Waals surface area contributed by atoms with Gasteiger partial charge in [-0.1, -0.05) is 6.07 Å². The molecule has 0 saturated carbocycles. The standard InChI is InChI=1S/C12H11F3N4/c13-12(14,15)10-2-1-7(5-18-10)3-8-4-9(16)6-19-11(8)17/h1-2,4-6H,3,16H2,(H2,17,19). The molecule has 2 rings (SSSR count). The van der Waals surface area contributed by atoms with Crippen LogP contribution in [0.5, 0.6) is 0 Å². The number of hydrogen-bond acceptors (Lipinski definition) is 4. The largest absolute Gasteiger partial charge is 0.433 e. The second kappa shape index (κ2) is 4.75. The zero-order chi connectivity index (χ0) is 14.0. The van der Waals surface area contributed by atoms with Crippen molar-refractivity contribution in [3.8, 4) is 0 Å². The first kappa shape index (κ1) is 13.1. The van der Waals surface area contributed by atoms with Gasteiger partial charge in [0.2, 0.25) is 0 Å². The van der Waals surface area contributed by atoms with Crippen LogP contribution in [0.1, 0.15) is 16.8 Å². The summed E-state index contributed by atoms with van der Waals surface area (Å²) in [7, 11) is 0. The Kier molecular flexibility index (Phi) is 3.28. The topological polar surface area (TPSA) is 77.8 Å². The second-order valence-electron chi connectivity index (χ2n) is 4.04.